The van der Waals surface area contributed by atoms with Crippen molar-refractivity contribution in [2.45, 2.75) is 32.7 Å². The van der Waals surface area contributed by atoms with Crippen LogP contribution in [0, 0.1) is 11.7 Å². The number of nitrogens with one attached hydrogen (secondary N) is 1. The highest BCUT2D eigenvalue weighted by atomic mass is 19.1. The van der Waals surface area contributed by atoms with Crippen LogP contribution < -0.4 is 5.32 Å². The van der Waals surface area contributed by atoms with E-state index in [9.17, 15) is 9.18 Å². The second-order valence-electron chi connectivity index (χ2n) is 5.90. The number of piperidine rings is 1. The van der Waals surface area contributed by atoms with Crippen molar-refractivity contribution in [3.63, 3.8) is 0 Å². The molecule has 1 amide bonds. The van der Waals surface area contributed by atoms with E-state index in [1.165, 1.54) is 12.1 Å². The van der Waals surface area contributed by atoms with Crippen LogP contribution in [0.1, 0.15) is 37.0 Å². The second kappa shape index (κ2) is 6.84. The monoisotopic (exact) mass is 278 g/mol. The van der Waals surface area contributed by atoms with E-state index >= 15 is 0 Å². The minimum Gasteiger partial charge on any atom is -0.337 e. The lowest BCUT2D eigenvalue weighted by molar-refractivity contribution is 0.0694. The molecule has 0 spiro atoms. The summed E-state index contributed by atoms with van der Waals surface area (Å²) in [6.45, 7) is 6.86. The third-order valence-corrected chi connectivity index (χ3v) is 3.61. The third-order valence-electron chi connectivity index (χ3n) is 3.61. The Morgan fingerprint density at radius 2 is 2.10 bits per heavy atom. The lowest BCUT2D eigenvalue weighted by Crippen LogP contribution is -2.48. The van der Waals surface area contributed by atoms with Gasteiger partial charge in [-0.15, -0.1) is 0 Å². The first-order chi connectivity index (χ1) is 9.56. The Balaban J connectivity index is 1.94. The molecule has 20 heavy (non-hydrogen) atoms. The molecule has 1 heterocycles. The average Bonchev–Trinajstić information content (AvgIpc) is 2.45. The highest BCUT2D eigenvalue weighted by Crippen LogP contribution is 2.14. The normalized spacial score (nSPS) is 19.4. The predicted octanol–water partition coefficient (Wildman–Crippen LogP) is 2.68. The minimum absolute atomic E-state index is 0.000969. The number of halogens is 1. The number of benzene rings is 1. The summed E-state index contributed by atoms with van der Waals surface area (Å²) < 4.78 is 12.9. The zero-order chi connectivity index (χ0) is 14.5. The molecule has 1 N–H and O–H groups in total. The first-order valence-electron chi connectivity index (χ1n) is 7.34. The van der Waals surface area contributed by atoms with Crippen LogP contribution in [0.25, 0.3) is 0 Å². The molecule has 0 radical (unpaired) electrons. The number of likely N-dealkylation sites (tertiary alicyclic amines) is 1. The Labute approximate surface area is 120 Å². The zero-order valence-electron chi connectivity index (χ0n) is 12.2. The van der Waals surface area contributed by atoms with Crippen molar-refractivity contribution < 1.29 is 9.18 Å². The number of carbonyl (C=O) groups excluding carboxylic acids is 1. The van der Waals surface area contributed by atoms with Gasteiger partial charge in [0, 0.05) is 24.7 Å². The molecule has 0 aromatic heterocycles. The third kappa shape index (κ3) is 4.04. The maximum absolute atomic E-state index is 12.9. The maximum Gasteiger partial charge on any atom is 0.253 e. The number of hydrogen-bond donors (Lipinski definition) is 1. The Morgan fingerprint density at radius 1 is 1.40 bits per heavy atom. The molecule has 1 atom stereocenters. The van der Waals surface area contributed by atoms with Gasteiger partial charge in [-0.2, -0.15) is 0 Å². The van der Waals surface area contributed by atoms with Crippen LogP contribution in [0.3, 0.4) is 0 Å². The van der Waals surface area contributed by atoms with E-state index in [0.717, 1.165) is 32.5 Å². The van der Waals surface area contributed by atoms with Crippen molar-refractivity contribution in [1.29, 1.82) is 0 Å². The largest absolute Gasteiger partial charge is 0.337 e. The van der Waals surface area contributed by atoms with Crippen LogP contribution in [-0.2, 0) is 0 Å². The molecule has 1 fully saturated rings. The van der Waals surface area contributed by atoms with Gasteiger partial charge in [0.15, 0.2) is 0 Å². The molecule has 110 valence electrons. The van der Waals surface area contributed by atoms with E-state index in [2.05, 4.69) is 19.2 Å². The van der Waals surface area contributed by atoms with Gasteiger partial charge >= 0.3 is 0 Å². The zero-order valence-corrected chi connectivity index (χ0v) is 12.2. The van der Waals surface area contributed by atoms with Gasteiger partial charge in [-0.05, 0) is 49.6 Å². The Hall–Kier alpha value is -1.42. The van der Waals surface area contributed by atoms with Gasteiger partial charge in [-0.3, -0.25) is 4.79 Å². The second-order valence-corrected chi connectivity index (χ2v) is 5.90. The van der Waals surface area contributed by atoms with Gasteiger partial charge in [0.1, 0.15) is 5.82 Å². The summed E-state index contributed by atoms with van der Waals surface area (Å²) in [7, 11) is 0. The van der Waals surface area contributed by atoms with Gasteiger partial charge in [-0.25, -0.2) is 4.39 Å². The Kier molecular flexibility index (Phi) is 5.12. The average molecular weight is 278 g/mol. The van der Waals surface area contributed by atoms with Crippen molar-refractivity contribution in [1.82, 2.24) is 10.2 Å². The Bertz CT molecular complexity index is 444. The number of hydrogen-bond acceptors (Lipinski definition) is 2. The van der Waals surface area contributed by atoms with Gasteiger partial charge < -0.3 is 10.2 Å². The molecule has 1 aliphatic heterocycles. The summed E-state index contributed by atoms with van der Waals surface area (Å²) in [5.74, 6) is 0.302. The highest BCUT2D eigenvalue weighted by Gasteiger charge is 2.24. The number of nitrogens with zero attached hydrogens (tertiary/aromatic N) is 1. The SMILES string of the molecule is CC(C)CNC1CCCN(C(=O)c2ccc(F)cc2)C1. The summed E-state index contributed by atoms with van der Waals surface area (Å²) in [5.41, 5.74) is 0.566. The van der Waals surface area contributed by atoms with Crippen molar-refractivity contribution in [2.24, 2.45) is 5.92 Å². The lowest BCUT2D eigenvalue weighted by Gasteiger charge is -2.33. The maximum atomic E-state index is 12.9. The van der Waals surface area contributed by atoms with Crippen molar-refractivity contribution in [3.05, 3.63) is 35.6 Å². The van der Waals surface area contributed by atoms with E-state index in [1.807, 2.05) is 4.90 Å². The van der Waals surface area contributed by atoms with Crippen LogP contribution in [-0.4, -0.2) is 36.5 Å². The molecule has 1 aromatic carbocycles. The summed E-state index contributed by atoms with van der Waals surface area (Å²) in [4.78, 5) is 14.2. The van der Waals surface area contributed by atoms with Crippen LogP contribution >= 0.6 is 0 Å². The van der Waals surface area contributed by atoms with E-state index < -0.39 is 0 Å². The number of carbonyl (C=O) groups is 1. The minimum atomic E-state index is -0.309. The van der Waals surface area contributed by atoms with Gasteiger partial charge in [0.25, 0.3) is 5.91 Å². The highest BCUT2D eigenvalue weighted by molar-refractivity contribution is 5.94. The molecular formula is C16H23FN2O. The first kappa shape index (κ1) is 15.0. The molecule has 1 unspecified atom stereocenters. The lowest BCUT2D eigenvalue weighted by atomic mass is 10.0. The standard InChI is InChI=1S/C16H23FN2O/c1-12(2)10-18-15-4-3-9-19(11-15)16(20)13-5-7-14(17)8-6-13/h5-8,12,15,18H,3-4,9-11H2,1-2H3. The molecule has 1 aliphatic rings. The molecule has 0 saturated carbocycles. The van der Waals surface area contributed by atoms with Crippen molar-refractivity contribution >= 4 is 5.91 Å². The van der Waals surface area contributed by atoms with Crippen molar-refractivity contribution in [3.8, 4) is 0 Å². The molecular weight excluding hydrogens is 255 g/mol. The van der Waals surface area contributed by atoms with E-state index in [1.54, 1.807) is 12.1 Å². The van der Waals surface area contributed by atoms with Crippen LogP contribution in [0.4, 0.5) is 4.39 Å². The molecule has 0 bridgehead atoms. The summed E-state index contributed by atoms with van der Waals surface area (Å²) in [6.07, 6.45) is 2.13. The topological polar surface area (TPSA) is 32.3 Å². The van der Waals surface area contributed by atoms with Crippen LogP contribution in [0.5, 0.6) is 0 Å². The Morgan fingerprint density at radius 3 is 2.75 bits per heavy atom. The first-order valence-corrected chi connectivity index (χ1v) is 7.34. The number of amides is 1. The summed E-state index contributed by atoms with van der Waals surface area (Å²) in [5, 5.41) is 3.51. The molecule has 1 aromatic rings. The van der Waals surface area contributed by atoms with Crippen molar-refractivity contribution in [2.75, 3.05) is 19.6 Å². The van der Waals surface area contributed by atoms with Gasteiger partial charge in [0.2, 0.25) is 0 Å². The van der Waals surface area contributed by atoms with Gasteiger partial charge in [0.05, 0.1) is 0 Å². The molecule has 1 saturated heterocycles. The molecule has 2 rings (SSSR count). The van der Waals surface area contributed by atoms with E-state index in [0.29, 0.717) is 17.5 Å². The summed E-state index contributed by atoms with van der Waals surface area (Å²) >= 11 is 0. The van der Waals surface area contributed by atoms with Gasteiger partial charge in [-0.1, -0.05) is 13.8 Å². The summed E-state index contributed by atoms with van der Waals surface area (Å²) in [6, 6.07) is 6.17. The van der Waals surface area contributed by atoms with Crippen LogP contribution in [0.2, 0.25) is 0 Å². The quantitative estimate of drug-likeness (QED) is 0.918. The fraction of sp³-hybridized carbons (Fsp3) is 0.562. The predicted molar refractivity (Wildman–Crippen MR) is 78.2 cm³/mol. The van der Waals surface area contributed by atoms with E-state index in [-0.39, 0.29) is 11.7 Å². The molecule has 0 aliphatic carbocycles. The smallest absolute Gasteiger partial charge is 0.253 e. The number of rotatable bonds is 4. The fourth-order valence-corrected chi connectivity index (χ4v) is 2.51. The van der Waals surface area contributed by atoms with E-state index in [4.69, 9.17) is 0 Å². The molecule has 4 heteroatoms. The van der Waals surface area contributed by atoms with Crippen LogP contribution in [0.15, 0.2) is 24.3 Å². The molecule has 3 nitrogen and oxygen atoms in total. The fourth-order valence-electron chi connectivity index (χ4n) is 2.51.